The van der Waals surface area contributed by atoms with Gasteiger partial charge in [-0.25, -0.2) is 0 Å². The van der Waals surface area contributed by atoms with Gasteiger partial charge >= 0.3 is 0 Å². The Kier molecular flexibility index (Phi) is 6.12. The van der Waals surface area contributed by atoms with Gasteiger partial charge < -0.3 is 10.8 Å². The highest BCUT2D eigenvalue weighted by Crippen LogP contribution is 2.22. The molecule has 14 heavy (non-hydrogen) atoms. The molecular weight excluding hydrogens is 200 g/mol. The van der Waals surface area contributed by atoms with Crippen molar-refractivity contribution in [2.75, 3.05) is 0 Å². The van der Waals surface area contributed by atoms with Crippen LogP contribution in [0.2, 0.25) is 0 Å². The maximum absolute atomic E-state index is 9.53. The molecule has 0 fully saturated rings. The van der Waals surface area contributed by atoms with Gasteiger partial charge in [-0.3, -0.25) is 4.99 Å². The predicted octanol–water partition coefficient (Wildman–Crippen LogP) is 1.72. The van der Waals surface area contributed by atoms with Gasteiger partial charge in [0.1, 0.15) is 11.9 Å². The van der Waals surface area contributed by atoms with E-state index in [0.29, 0.717) is 11.9 Å². The molecule has 0 saturated heterocycles. The SMILES string of the molecule is CCCCC1CC(C)C(O)C(N)=N1.Cl. The molecule has 3 atom stereocenters. The first-order valence-electron chi connectivity index (χ1n) is 5.16. The van der Waals surface area contributed by atoms with Crippen molar-refractivity contribution >= 4 is 18.2 Å². The van der Waals surface area contributed by atoms with Gasteiger partial charge in [0.05, 0.1) is 6.04 Å². The molecule has 4 heteroatoms. The first kappa shape index (κ1) is 13.7. The van der Waals surface area contributed by atoms with Crippen LogP contribution in [-0.4, -0.2) is 23.1 Å². The third-order valence-electron chi connectivity index (χ3n) is 2.71. The van der Waals surface area contributed by atoms with Gasteiger partial charge in [-0.05, 0) is 18.8 Å². The van der Waals surface area contributed by atoms with E-state index in [0.717, 1.165) is 12.8 Å². The van der Waals surface area contributed by atoms with Gasteiger partial charge in [-0.15, -0.1) is 12.4 Å². The van der Waals surface area contributed by atoms with Crippen molar-refractivity contribution < 1.29 is 5.11 Å². The van der Waals surface area contributed by atoms with Crippen molar-refractivity contribution in [3.8, 4) is 0 Å². The van der Waals surface area contributed by atoms with E-state index < -0.39 is 6.10 Å². The molecular formula is C10H21ClN2O. The number of unbranched alkanes of at least 4 members (excludes halogenated alkanes) is 1. The van der Waals surface area contributed by atoms with E-state index in [4.69, 9.17) is 5.73 Å². The van der Waals surface area contributed by atoms with Gasteiger partial charge in [0.25, 0.3) is 0 Å². The lowest BCUT2D eigenvalue weighted by Gasteiger charge is -2.28. The molecule has 1 rings (SSSR count). The Hall–Kier alpha value is -0.280. The maximum Gasteiger partial charge on any atom is 0.123 e. The van der Waals surface area contributed by atoms with Crippen LogP contribution in [-0.2, 0) is 0 Å². The Labute approximate surface area is 92.2 Å². The van der Waals surface area contributed by atoms with Crippen LogP contribution in [0.4, 0.5) is 0 Å². The molecule has 0 aromatic rings. The van der Waals surface area contributed by atoms with Gasteiger partial charge in [-0.1, -0.05) is 26.7 Å². The van der Waals surface area contributed by atoms with Crippen LogP contribution in [0, 0.1) is 5.92 Å². The van der Waals surface area contributed by atoms with Crippen LogP contribution in [0.5, 0.6) is 0 Å². The average molecular weight is 221 g/mol. The van der Waals surface area contributed by atoms with Crippen LogP contribution >= 0.6 is 12.4 Å². The van der Waals surface area contributed by atoms with Crippen LogP contribution < -0.4 is 5.73 Å². The second-order valence-corrected chi connectivity index (χ2v) is 4.01. The Balaban J connectivity index is 0.00000169. The molecule has 0 spiro atoms. The van der Waals surface area contributed by atoms with E-state index in [1.54, 1.807) is 0 Å². The highest BCUT2D eigenvalue weighted by molar-refractivity contribution is 5.85. The Morgan fingerprint density at radius 2 is 2.21 bits per heavy atom. The third kappa shape index (κ3) is 3.46. The van der Waals surface area contributed by atoms with Crippen LogP contribution in [0.3, 0.4) is 0 Å². The van der Waals surface area contributed by atoms with Crippen molar-refractivity contribution in [2.45, 2.75) is 51.7 Å². The summed E-state index contributed by atoms with van der Waals surface area (Å²) in [6.45, 7) is 4.21. The number of halogens is 1. The molecule has 0 radical (unpaired) electrons. The molecule has 3 nitrogen and oxygen atoms in total. The number of aliphatic hydroxyl groups is 1. The summed E-state index contributed by atoms with van der Waals surface area (Å²) in [5.41, 5.74) is 5.63. The van der Waals surface area contributed by atoms with Gasteiger partial charge in [0, 0.05) is 0 Å². The fraction of sp³-hybridized carbons (Fsp3) is 0.900. The van der Waals surface area contributed by atoms with Crippen molar-refractivity contribution in [3.63, 3.8) is 0 Å². The Bertz CT molecular complexity index is 197. The lowest BCUT2D eigenvalue weighted by molar-refractivity contribution is 0.156. The van der Waals surface area contributed by atoms with Crippen LogP contribution in [0.25, 0.3) is 0 Å². The minimum atomic E-state index is -0.516. The average Bonchev–Trinajstić information content (AvgIpc) is 2.10. The Morgan fingerprint density at radius 3 is 2.71 bits per heavy atom. The molecule has 0 amide bonds. The van der Waals surface area contributed by atoms with E-state index in [1.165, 1.54) is 12.8 Å². The van der Waals surface area contributed by atoms with Crippen molar-refractivity contribution in [2.24, 2.45) is 16.6 Å². The summed E-state index contributed by atoms with van der Waals surface area (Å²) >= 11 is 0. The molecule has 0 saturated carbocycles. The minimum Gasteiger partial charge on any atom is -0.385 e. The maximum atomic E-state index is 9.53. The van der Waals surface area contributed by atoms with E-state index in [2.05, 4.69) is 11.9 Å². The van der Waals surface area contributed by atoms with E-state index in [9.17, 15) is 5.11 Å². The summed E-state index contributed by atoms with van der Waals surface area (Å²) in [5.74, 6) is 0.694. The fourth-order valence-corrected chi connectivity index (χ4v) is 1.81. The number of rotatable bonds is 3. The summed E-state index contributed by atoms with van der Waals surface area (Å²) < 4.78 is 0. The first-order valence-corrected chi connectivity index (χ1v) is 5.16. The normalized spacial score (nSPS) is 31.9. The van der Waals surface area contributed by atoms with Crippen molar-refractivity contribution in [3.05, 3.63) is 0 Å². The molecule has 1 aliphatic heterocycles. The standard InChI is InChI=1S/C10H20N2O.ClH/c1-3-4-5-8-6-7(2)9(13)10(11)12-8;/h7-9,13H,3-6H2,1-2H3,(H2,11,12);1H. The number of hydrogen-bond acceptors (Lipinski definition) is 3. The second-order valence-electron chi connectivity index (χ2n) is 4.01. The summed E-state index contributed by atoms with van der Waals surface area (Å²) in [5, 5.41) is 9.53. The van der Waals surface area contributed by atoms with Crippen LogP contribution in [0.1, 0.15) is 39.5 Å². The zero-order valence-corrected chi connectivity index (χ0v) is 9.76. The van der Waals surface area contributed by atoms with Crippen LogP contribution in [0.15, 0.2) is 4.99 Å². The summed E-state index contributed by atoms with van der Waals surface area (Å²) in [6.07, 6.45) is 3.96. The van der Waals surface area contributed by atoms with Crippen molar-refractivity contribution in [1.82, 2.24) is 0 Å². The van der Waals surface area contributed by atoms with E-state index in [-0.39, 0.29) is 18.3 Å². The summed E-state index contributed by atoms with van der Waals surface area (Å²) in [7, 11) is 0. The number of nitrogens with two attached hydrogens (primary N) is 1. The highest BCUT2D eigenvalue weighted by atomic mass is 35.5. The zero-order chi connectivity index (χ0) is 9.84. The summed E-state index contributed by atoms with van der Waals surface area (Å²) in [4.78, 5) is 4.30. The smallest absolute Gasteiger partial charge is 0.123 e. The fourth-order valence-electron chi connectivity index (χ4n) is 1.81. The molecule has 0 aliphatic carbocycles. The number of hydrogen-bond donors (Lipinski definition) is 2. The molecule has 1 heterocycles. The number of aliphatic imine (C=N–C) groups is 1. The topological polar surface area (TPSA) is 58.6 Å². The first-order chi connectivity index (χ1) is 6.15. The molecule has 0 aromatic carbocycles. The van der Waals surface area contributed by atoms with Gasteiger partial charge in [0.2, 0.25) is 0 Å². The Morgan fingerprint density at radius 1 is 1.57 bits per heavy atom. The molecule has 3 N–H and O–H groups in total. The lowest BCUT2D eigenvalue weighted by atomic mass is 9.90. The number of aliphatic hydroxyl groups excluding tert-OH is 1. The largest absolute Gasteiger partial charge is 0.385 e. The lowest BCUT2D eigenvalue weighted by Crippen LogP contribution is -2.40. The second kappa shape index (κ2) is 6.25. The zero-order valence-electron chi connectivity index (χ0n) is 8.94. The molecule has 84 valence electrons. The monoisotopic (exact) mass is 220 g/mol. The molecule has 3 unspecified atom stereocenters. The quantitative estimate of drug-likeness (QED) is 0.761. The van der Waals surface area contributed by atoms with E-state index >= 15 is 0 Å². The number of amidine groups is 1. The third-order valence-corrected chi connectivity index (χ3v) is 2.71. The highest BCUT2D eigenvalue weighted by Gasteiger charge is 2.26. The summed E-state index contributed by atoms with van der Waals surface area (Å²) in [6, 6.07) is 0.346. The predicted molar refractivity (Wildman–Crippen MR) is 62.0 cm³/mol. The number of nitrogens with zero attached hydrogens (tertiary/aromatic N) is 1. The van der Waals surface area contributed by atoms with E-state index in [1.807, 2.05) is 6.92 Å². The van der Waals surface area contributed by atoms with Gasteiger partial charge in [0.15, 0.2) is 0 Å². The molecule has 1 aliphatic rings. The molecule has 0 aromatic heterocycles. The molecule has 0 bridgehead atoms. The minimum absolute atomic E-state index is 0. The van der Waals surface area contributed by atoms with Gasteiger partial charge in [-0.2, -0.15) is 0 Å². The van der Waals surface area contributed by atoms with Crippen molar-refractivity contribution in [1.29, 1.82) is 0 Å².